The van der Waals surface area contributed by atoms with Crippen molar-refractivity contribution in [3.05, 3.63) is 23.7 Å². The molecule has 1 rings (SSSR count). The lowest BCUT2D eigenvalue weighted by Gasteiger charge is -2.13. The number of carbonyl (C=O) groups is 2. The fourth-order valence-corrected chi connectivity index (χ4v) is 1.07. The lowest BCUT2D eigenvalue weighted by Crippen LogP contribution is -2.20. The van der Waals surface area contributed by atoms with Crippen LogP contribution in [0.25, 0.3) is 0 Å². The van der Waals surface area contributed by atoms with Crippen molar-refractivity contribution in [1.82, 2.24) is 5.64 Å². The van der Waals surface area contributed by atoms with Crippen LogP contribution in [0, 0.1) is 5.41 Å². The first kappa shape index (κ1) is 13.4. The van der Waals surface area contributed by atoms with Gasteiger partial charge in [-0.25, -0.2) is 4.79 Å². The summed E-state index contributed by atoms with van der Waals surface area (Å²) in [5, 5.41) is 0. The molecule has 17 heavy (non-hydrogen) atoms. The van der Waals surface area contributed by atoms with E-state index in [-0.39, 0.29) is 17.3 Å². The zero-order chi connectivity index (χ0) is 13.1. The van der Waals surface area contributed by atoms with Gasteiger partial charge in [-0.2, -0.15) is 0 Å². The Morgan fingerprint density at radius 2 is 1.82 bits per heavy atom. The van der Waals surface area contributed by atoms with E-state index in [1.165, 1.54) is 19.2 Å². The smallest absolute Gasteiger partial charge is 0.394 e. The highest BCUT2D eigenvalue weighted by Crippen LogP contribution is 2.22. The van der Waals surface area contributed by atoms with E-state index in [9.17, 15) is 9.59 Å². The normalized spacial score (nSPS) is 11.3. The Morgan fingerprint density at radius 3 is 2.35 bits per heavy atom. The van der Waals surface area contributed by atoms with Gasteiger partial charge in [0.15, 0.2) is 5.76 Å². The fraction of sp³-hybridized carbons (Fsp3) is 0.455. The van der Waals surface area contributed by atoms with Crippen molar-refractivity contribution in [2.24, 2.45) is 5.41 Å². The number of Topliss-reactive ketones (excluding diaryl/α,β-unsaturated/α-hetero) is 1. The van der Waals surface area contributed by atoms with Gasteiger partial charge < -0.3 is 9.25 Å². The number of hydrogen-bond acceptors (Lipinski definition) is 6. The Bertz CT molecular complexity index is 416. The van der Waals surface area contributed by atoms with Crippen LogP contribution < -0.4 is 5.64 Å². The molecule has 0 bridgehead atoms. The second-order valence-electron chi connectivity index (χ2n) is 4.42. The molecular formula is C11H15NO5. The van der Waals surface area contributed by atoms with Crippen LogP contribution in [0.2, 0.25) is 0 Å². The first-order valence-corrected chi connectivity index (χ1v) is 5.00. The number of carbonyl (C=O) groups excluding carboxylic acids is 2. The fourth-order valence-electron chi connectivity index (χ4n) is 1.07. The first-order chi connectivity index (χ1) is 7.86. The van der Waals surface area contributed by atoms with E-state index in [4.69, 9.17) is 4.42 Å². The van der Waals surface area contributed by atoms with Crippen LogP contribution in [0.15, 0.2) is 16.5 Å². The van der Waals surface area contributed by atoms with E-state index in [0.717, 1.165) is 0 Å². The molecule has 0 aliphatic rings. The molecule has 0 saturated heterocycles. The Morgan fingerprint density at radius 1 is 1.24 bits per heavy atom. The maximum atomic E-state index is 11.8. The third-order valence-electron chi connectivity index (χ3n) is 1.93. The standard InChI is InChI=1S/C11H15NO5/c1-11(2,3)9(13)7-5-6-8(16-7)10(14)17-12-15-4/h5-6,12H,1-4H3. The summed E-state index contributed by atoms with van der Waals surface area (Å²) in [5.41, 5.74) is 1.36. The topological polar surface area (TPSA) is 77.8 Å². The number of hydrogen-bond donors (Lipinski definition) is 1. The van der Waals surface area contributed by atoms with Gasteiger partial charge in [0.1, 0.15) is 0 Å². The molecule has 1 aromatic rings. The van der Waals surface area contributed by atoms with Gasteiger partial charge in [-0.3, -0.25) is 9.63 Å². The van der Waals surface area contributed by atoms with Crippen molar-refractivity contribution in [2.75, 3.05) is 7.11 Å². The highest BCUT2D eigenvalue weighted by Gasteiger charge is 2.27. The summed E-state index contributed by atoms with van der Waals surface area (Å²) in [4.78, 5) is 31.9. The zero-order valence-corrected chi connectivity index (χ0v) is 10.2. The van der Waals surface area contributed by atoms with Gasteiger partial charge in [0, 0.05) is 5.41 Å². The first-order valence-electron chi connectivity index (χ1n) is 5.00. The Labute approximate surface area is 98.8 Å². The number of furan rings is 1. The van der Waals surface area contributed by atoms with Crippen LogP contribution >= 0.6 is 0 Å². The van der Waals surface area contributed by atoms with Crippen LogP contribution in [-0.2, 0) is 9.68 Å². The molecule has 94 valence electrons. The molecular weight excluding hydrogens is 226 g/mol. The predicted octanol–water partition coefficient (Wildman–Crippen LogP) is 1.73. The molecule has 6 nitrogen and oxygen atoms in total. The van der Waals surface area contributed by atoms with Crippen molar-refractivity contribution in [2.45, 2.75) is 20.8 Å². The minimum absolute atomic E-state index is 0.0675. The van der Waals surface area contributed by atoms with Crippen molar-refractivity contribution < 1.29 is 23.7 Å². The molecule has 0 aromatic carbocycles. The third kappa shape index (κ3) is 3.40. The third-order valence-corrected chi connectivity index (χ3v) is 1.93. The largest absolute Gasteiger partial charge is 0.446 e. The average molecular weight is 241 g/mol. The minimum atomic E-state index is -0.764. The van der Waals surface area contributed by atoms with Gasteiger partial charge in [0.05, 0.1) is 7.11 Å². The molecule has 1 N–H and O–H groups in total. The number of rotatable bonds is 4. The number of nitrogens with one attached hydrogen (secondary N) is 1. The van der Waals surface area contributed by atoms with E-state index in [1.807, 2.05) is 5.64 Å². The highest BCUT2D eigenvalue weighted by molar-refractivity contribution is 5.98. The Kier molecular flexibility index (Phi) is 4.03. The van der Waals surface area contributed by atoms with Crippen LogP contribution in [0.3, 0.4) is 0 Å². The zero-order valence-electron chi connectivity index (χ0n) is 10.2. The van der Waals surface area contributed by atoms with Crippen LogP contribution in [0.4, 0.5) is 0 Å². The van der Waals surface area contributed by atoms with Gasteiger partial charge >= 0.3 is 5.97 Å². The molecule has 6 heteroatoms. The Balaban J connectivity index is 2.78. The molecule has 0 aliphatic heterocycles. The van der Waals surface area contributed by atoms with Crippen molar-refractivity contribution in [1.29, 1.82) is 0 Å². The molecule has 0 spiro atoms. The summed E-state index contributed by atoms with van der Waals surface area (Å²) in [7, 11) is 1.30. The average Bonchev–Trinajstić information content (AvgIpc) is 2.72. The molecule has 1 heterocycles. The molecule has 0 saturated carbocycles. The van der Waals surface area contributed by atoms with Gasteiger partial charge in [-0.05, 0) is 17.8 Å². The molecule has 0 unspecified atom stereocenters. The lowest BCUT2D eigenvalue weighted by molar-refractivity contribution is -0.115. The highest BCUT2D eigenvalue weighted by atomic mass is 16.9. The van der Waals surface area contributed by atoms with Crippen LogP contribution in [0.5, 0.6) is 0 Å². The summed E-state index contributed by atoms with van der Waals surface area (Å²) >= 11 is 0. The van der Waals surface area contributed by atoms with Crippen molar-refractivity contribution in [3.63, 3.8) is 0 Å². The van der Waals surface area contributed by atoms with Gasteiger partial charge in [-0.1, -0.05) is 20.8 Å². The molecule has 0 amide bonds. The van der Waals surface area contributed by atoms with E-state index in [0.29, 0.717) is 0 Å². The van der Waals surface area contributed by atoms with Crippen molar-refractivity contribution >= 4 is 11.8 Å². The molecule has 1 aromatic heterocycles. The van der Waals surface area contributed by atoms with E-state index >= 15 is 0 Å². The van der Waals surface area contributed by atoms with Crippen LogP contribution in [-0.4, -0.2) is 18.9 Å². The van der Waals surface area contributed by atoms with E-state index in [1.54, 1.807) is 20.8 Å². The maximum absolute atomic E-state index is 11.8. The SMILES string of the molecule is CONOC(=O)c1ccc(C(=O)C(C)(C)C)o1. The summed E-state index contributed by atoms with van der Waals surface area (Å²) in [6.07, 6.45) is 0. The summed E-state index contributed by atoms with van der Waals surface area (Å²) < 4.78 is 5.11. The predicted molar refractivity (Wildman–Crippen MR) is 58.1 cm³/mol. The van der Waals surface area contributed by atoms with Gasteiger partial charge in [-0.15, -0.1) is 0 Å². The monoisotopic (exact) mass is 241 g/mol. The van der Waals surface area contributed by atoms with E-state index < -0.39 is 11.4 Å². The molecule has 0 aliphatic carbocycles. The number of ketones is 1. The molecule has 0 atom stereocenters. The minimum Gasteiger partial charge on any atom is -0.446 e. The Hall–Kier alpha value is -1.66. The summed E-state index contributed by atoms with van der Waals surface area (Å²) in [6, 6.07) is 2.82. The second-order valence-corrected chi connectivity index (χ2v) is 4.42. The molecule has 0 radical (unpaired) electrons. The summed E-state index contributed by atoms with van der Waals surface area (Å²) in [6.45, 7) is 5.30. The van der Waals surface area contributed by atoms with Gasteiger partial charge in [0.25, 0.3) is 0 Å². The van der Waals surface area contributed by atoms with Gasteiger partial charge in [0.2, 0.25) is 11.5 Å². The lowest BCUT2D eigenvalue weighted by atomic mass is 9.89. The van der Waals surface area contributed by atoms with Crippen LogP contribution in [0.1, 0.15) is 41.9 Å². The quantitative estimate of drug-likeness (QED) is 0.639. The van der Waals surface area contributed by atoms with E-state index in [2.05, 4.69) is 9.68 Å². The molecule has 0 fully saturated rings. The summed E-state index contributed by atoms with van der Waals surface area (Å²) in [5.74, 6) is -0.889. The maximum Gasteiger partial charge on any atom is 0.394 e. The second kappa shape index (κ2) is 5.11. The van der Waals surface area contributed by atoms with Crippen molar-refractivity contribution in [3.8, 4) is 0 Å².